The molecule has 2 N–H and O–H groups in total. The number of rotatable bonds is 7. The molecule has 1 amide bonds. The van der Waals surface area contributed by atoms with Gasteiger partial charge >= 0.3 is 5.97 Å². The standard InChI is InChI=1S/C14H19NO5/c1-9(6-13(16)17)8-15-14(18)11-5-4-10(19-2)7-12(11)20-3/h4-5,7,9H,6,8H2,1-3H3,(H,15,18)(H,16,17). The number of ether oxygens (including phenoxy) is 2. The molecule has 0 fully saturated rings. The van der Waals surface area contributed by atoms with Crippen LogP contribution in [0.3, 0.4) is 0 Å². The van der Waals surface area contributed by atoms with E-state index in [4.69, 9.17) is 14.6 Å². The molecular formula is C14H19NO5. The quantitative estimate of drug-likeness (QED) is 0.792. The van der Waals surface area contributed by atoms with Crippen molar-refractivity contribution in [3.63, 3.8) is 0 Å². The van der Waals surface area contributed by atoms with Gasteiger partial charge in [0.25, 0.3) is 5.91 Å². The SMILES string of the molecule is COc1ccc(C(=O)NCC(C)CC(=O)O)c(OC)c1. The first kappa shape index (κ1) is 15.8. The van der Waals surface area contributed by atoms with Crippen LogP contribution in [0.2, 0.25) is 0 Å². The Balaban J connectivity index is 2.70. The summed E-state index contributed by atoms with van der Waals surface area (Å²) in [4.78, 5) is 22.6. The van der Waals surface area contributed by atoms with Crippen molar-refractivity contribution in [3.05, 3.63) is 23.8 Å². The smallest absolute Gasteiger partial charge is 0.303 e. The zero-order chi connectivity index (χ0) is 15.1. The highest BCUT2D eigenvalue weighted by molar-refractivity contribution is 5.97. The van der Waals surface area contributed by atoms with E-state index in [1.54, 1.807) is 25.1 Å². The van der Waals surface area contributed by atoms with Crippen LogP contribution < -0.4 is 14.8 Å². The minimum absolute atomic E-state index is 0.0139. The molecule has 0 spiro atoms. The first-order chi connectivity index (χ1) is 9.47. The minimum atomic E-state index is -0.881. The Kier molecular flexibility index (Phi) is 5.83. The van der Waals surface area contributed by atoms with E-state index in [-0.39, 0.29) is 18.2 Å². The molecule has 0 saturated carbocycles. The Morgan fingerprint density at radius 3 is 2.55 bits per heavy atom. The molecule has 1 unspecified atom stereocenters. The van der Waals surface area contributed by atoms with E-state index in [2.05, 4.69) is 5.32 Å². The van der Waals surface area contributed by atoms with E-state index >= 15 is 0 Å². The largest absolute Gasteiger partial charge is 0.497 e. The lowest BCUT2D eigenvalue weighted by atomic mass is 10.1. The van der Waals surface area contributed by atoms with Gasteiger partial charge < -0.3 is 19.9 Å². The van der Waals surface area contributed by atoms with Gasteiger partial charge in [-0.25, -0.2) is 0 Å². The van der Waals surface area contributed by atoms with Crippen molar-refractivity contribution in [3.8, 4) is 11.5 Å². The number of carbonyl (C=O) groups excluding carboxylic acids is 1. The molecule has 6 nitrogen and oxygen atoms in total. The van der Waals surface area contributed by atoms with Gasteiger partial charge in [-0.15, -0.1) is 0 Å². The van der Waals surface area contributed by atoms with Crippen LogP contribution in [0.1, 0.15) is 23.7 Å². The van der Waals surface area contributed by atoms with Crippen molar-refractivity contribution in [2.75, 3.05) is 20.8 Å². The Bertz CT molecular complexity index is 486. The molecule has 20 heavy (non-hydrogen) atoms. The highest BCUT2D eigenvalue weighted by atomic mass is 16.5. The van der Waals surface area contributed by atoms with Gasteiger partial charge in [0, 0.05) is 19.0 Å². The minimum Gasteiger partial charge on any atom is -0.497 e. The predicted molar refractivity (Wildman–Crippen MR) is 73.3 cm³/mol. The number of carboxylic acid groups (broad SMARTS) is 1. The molecule has 0 aromatic heterocycles. The van der Waals surface area contributed by atoms with Crippen LogP contribution in [0, 0.1) is 5.92 Å². The summed E-state index contributed by atoms with van der Waals surface area (Å²) in [5.74, 6) is -0.318. The molecule has 0 heterocycles. The molecule has 0 radical (unpaired) electrons. The van der Waals surface area contributed by atoms with Crippen LogP contribution in [0.25, 0.3) is 0 Å². The number of carbonyl (C=O) groups is 2. The van der Waals surface area contributed by atoms with Crippen LogP contribution in [-0.2, 0) is 4.79 Å². The van der Waals surface area contributed by atoms with E-state index in [9.17, 15) is 9.59 Å². The van der Waals surface area contributed by atoms with Crippen LogP contribution in [0.15, 0.2) is 18.2 Å². The topological polar surface area (TPSA) is 84.9 Å². The van der Waals surface area contributed by atoms with Crippen LogP contribution in [0.4, 0.5) is 0 Å². The number of aliphatic carboxylic acids is 1. The van der Waals surface area contributed by atoms with Crippen molar-refractivity contribution < 1.29 is 24.2 Å². The molecule has 1 rings (SSSR count). The lowest BCUT2D eigenvalue weighted by molar-refractivity contribution is -0.137. The third-order valence-corrected chi connectivity index (χ3v) is 2.79. The Hall–Kier alpha value is -2.24. The van der Waals surface area contributed by atoms with Gasteiger partial charge in [0.15, 0.2) is 0 Å². The summed E-state index contributed by atoms with van der Waals surface area (Å²) < 4.78 is 10.2. The maximum absolute atomic E-state index is 12.0. The second-order valence-corrected chi connectivity index (χ2v) is 4.48. The van der Waals surface area contributed by atoms with Gasteiger partial charge in [0.1, 0.15) is 11.5 Å². The molecule has 1 aromatic rings. The van der Waals surface area contributed by atoms with Crippen LogP contribution >= 0.6 is 0 Å². The van der Waals surface area contributed by atoms with Gasteiger partial charge in [-0.1, -0.05) is 6.92 Å². The highest BCUT2D eigenvalue weighted by Gasteiger charge is 2.15. The molecule has 0 aliphatic rings. The summed E-state index contributed by atoms with van der Waals surface area (Å²) >= 11 is 0. The monoisotopic (exact) mass is 281 g/mol. The number of hydrogen-bond acceptors (Lipinski definition) is 4. The van der Waals surface area contributed by atoms with Crippen molar-refractivity contribution in [1.29, 1.82) is 0 Å². The van der Waals surface area contributed by atoms with Crippen molar-refractivity contribution in [2.45, 2.75) is 13.3 Å². The number of hydrogen-bond donors (Lipinski definition) is 2. The molecule has 0 saturated heterocycles. The number of nitrogens with one attached hydrogen (secondary N) is 1. The van der Waals surface area contributed by atoms with E-state index in [0.717, 1.165) is 0 Å². The summed E-state index contributed by atoms with van der Waals surface area (Å²) in [6.07, 6.45) is 0.0139. The summed E-state index contributed by atoms with van der Waals surface area (Å²) in [6.45, 7) is 2.06. The van der Waals surface area contributed by atoms with E-state index in [1.807, 2.05) is 0 Å². The van der Waals surface area contributed by atoms with Crippen molar-refractivity contribution in [1.82, 2.24) is 5.32 Å². The number of carboxylic acids is 1. The fourth-order valence-electron chi connectivity index (χ4n) is 1.72. The van der Waals surface area contributed by atoms with Gasteiger partial charge in [-0.2, -0.15) is 0 Å². The Morgan fingerprint density at radius 1 is 1.30 bits per heavy atom. The van der Waals surface area contributed by atoms with E-state index in [1.165, 1.54) is 14.2 Å². The van der Waals surface area contributed by atoms with Crippen molar-refractivity contribution >= 4 is 11.9 Å². The molecule has 110 valence electrons. The van der Waals surface area contributed by atoms with E-state index < -0.39 is 5.97 Å². The number of benzene rings is 1. The van der Waals surface area contributed by atoms with Crippen molar-refractivity contribution in [2.24, 2.45) is 5.92 Å². The molecule has 0 aliphatic heterocycles. The van der Waals surface area contributed by atoms with Crippen LogP contribution in [-0.4, -0.2) is 37.7 Å². The lowest BCUT2D eigenvalue weighted by Crippen LogP contribution is -2.29. The Labute approximate surface area is 117 Å². The first-order valence-corrected chi connectivity index (χ1v) is 6.20. The van der Waals surface area contributed by atoms with Gasteiger partial charge in [0.05, 0.1) is 19.8 Å². The molecule has 6 heteroatoms. The van der Waals surface area contributed by atoms with Gasteiger partial charge in [0.2, 0.25) is 0 Å². The van der Waals surface area contributed by atoms with Gasteiger partial charge in [-0.3, -0.25) is 9.59 Å². The molecular weight excluding hydrogens is 262 g/mol. The average Bonchev–Trinajstić information content (AvgIpc) is 2.43. The molecule has 1 aromatic carbocycles. The summed E-state index contributed by atoms with van der Waals surface area (Å²) in [5.41, 5.74) is 0.385. The summed E-state index contributed by atoms with van der Waals surface area (Å²) in [6, 6.07) is 4.89. The Morgan fingerprint density at radius 2 is 2.00 bits per heavy atom. The third-order valence-electron chi connectivity index (χ3n) is 2.79. The lowest BCUT2D eigenvalue weighted by Gasteiger charge is -2.13. The third kappa shape index (κ3) is 4.46. The first-order valence-electron chi connectivity index (χ1n) is 6.20. The zero-order valence-corrected chi connectivity index (χ0v) is 11.8. The second-order valence-electron chi connectivity index (χ2n) is 4.48. The fourth-order valence-corrected chi connectivity index (χ4v) is 1.72. The normalized spacial score (nSPS) is 11.6. The fraction of sp³-hybridized carbons (Fsp3) is 0.429. The van der Waals surface area contributed by atoms with Gasteiger partial charge in [-0.05, 0) is 18.1 Å². The molecule has 1 atom stereocenters. The highest BCUT2D eigenvalue weighted by Crippen LogP contribution is 2.24. The molecule has 0 bridgehead atoms. The second kappa shape index (κ2) is 7.37. The predicted octanol–water partition coefficient (Wildman–Crippen LogP) is 1.54. The van der Waals surface area contributed by atoms with Crippen LogP contribution in [0.5, 0.6) is 11.5 Å². The molecule has 0 aliphatic carbocycles. The maximum Gasteiger partial charge on any atom is 0.303 e. The maximum atomic E-state index is 12.0. The number of amides is 1. The number of methoxy groups -OCH3 is 2. The zero-order valence-electron chi connectivity index (χ0n) is 11.8. The summed E-state index contributed by atoms with van der Waals surface area (Å²) in [7, 11) is 3.00. The summed E-state index contributed by atoms with van der Waals surface area (Å²) in [5, 5.41) is 11.4. The average molecular weight is 281 g/mol. The van der Waals surface area contributed by atoms with E-state index in [0.29, 0.717) is 23.6 Å².